The van der Waals surface area contributed by atoms with Gasteiger partial charge in [0.25, 0.3) is 0 Å². The maximum Gasteiger partial charge on any atom is 0.194 e. The molecular formula is C19H29FIN7. The summed E-state index contributed by atoms with van der Waals surface area (Å²) in [6.45, 7) is 9.57. The Kier molecular flexibility index (Phi) is 8.94. The van der Waals surface area contributed by atoms with E-state index in [4.69, 9.17) is 4.99 Å². The number of rotatable bonds is 6. The summed E-state index contributed by atoms with van der Waals surface area (Å²) in [5.74, 6) is 1.73. The highest BCUT2D eigenvalue weighted by Gasteiger charge is 2.21. The molecule has 9 heteroatoms. The molecule has 0 aliphatic carbocycles. The number of guanidine groups is 1. The number of nitrogens with one attached hydrogen (secondary N) is 1. The van der Waals surface area contributed by atoms with Crippen molar-refractivity contribution < 1.29 is 4.39 Å². The first kappa shape index (κ1) is 22.4. The number of hydrogen-bond acceptors (Lipinski definition) is 4. The number of benzene rings is 1. The topological polar surface area (TPSA) is 61.6 Å². The second-order valence-corrected chi connectivity index (χ2v) is 6.46. The normalized spacial score (nSPS) is 14.8. The average Bonchev–Trinajstić information content (AvgIpc) is 3.15. The zero-order valence-corrected chi connectivity index (χ0v) is 18.8. The number of anilines is 1. The molecule has 1 N–H and O–H groups in total. The first-order chi connectivity index (χ1) is 13.2. The minimum absolute atomic E-state index is 0. The zero-order valence-electron chi connectivity index (χ0n) is 16.5. The van der Waals surface area contributed by atoms with Crippen LogP contribution in [0.1, 0.15) is 19.7 Å². The number of aryl methyl sites for hydroxylation is 1. The highest BCUT2D eigenvalue weighted by molar-refractivity contribution is 14.0. The third kappa shape index (κ3) is 5.55. The van der Waals surface area contributed by atoms with Crippen LogP contribution in [-0.2, 0) is 13.0 Å². The fourth-order valence-corrected chi connectivity index (χ4v) is 3.30. The molecule has 1 fully saturated rings. The van der Waals surface area contributed by atoms with Gasteiger partial charge >= 0.3 is 0 Å². The van der Waals surface area contributed by atoms with Gasteiger partial charge in [0.15, 0.2) is 5.96 Å². The van der Waals surface area contributed by atoms with Crippen LogP contribution in [0.2, 0.25) is 0 Å². The molecule has 0 spiro atoms. The van der Waals surface area contributed by atoms with Crippen LogP contribution in [0.3, 0.4) is 0 Å². The molecule has 28 heavy (non-hydrogen) atoms. The Morgan fingerprint density at radius 3 is 2.61 bits per heavy atom. The lowest BCUT2D eigenvalue weighted by Gasteiger charge is -2.37. The Morgan fingerprint density at radius 2 is 1.93 bits per heavy atom. The molecule has 1 aliphatic heterocycles. The molecule has 154 valence electrons. The van der Waals surface area contributed by atoms with E-state index in [0.717, 1.165) is 57.5 Å². The van der Waals surface area contributed by atoms with Gasteiger partial charge in [-0.1, -0.05) is 19.1 Å². The number of piperazine rings is 1. The zero-order chi connectivity index (χ0) is 19.1. The second kappa shape index (κ2) is 11.2. The number of halogens is 2. The number of para-hydroxylation sites is 1. The molecule has 1 aliphatic rings. The fourth-order valence-electron chi connectivity index (χ4n) is 3.30. The molecular weight excluding hydrogens is 472 g/mol. The standard InChI is InChI=1S/C19H28FN7.HI/c1-3-18-24-23-15-27(18)10-9-22-19(21-4-2)26-13-11-25(12-14-26)17-8-6-5-7-16(17)20;/h5-8,15H,3-4,9-14H2,1-2H3,(H,21,22);1H. The molecule has 2 aromatic rings. The van der Waals surface area contributed by atoms with Crippen molar-refractivity contribution in [2.75, 3.05) is 44.2 Å². The average molecular weight is 501 g/mol. The van der Waals surface area contributed by atoms with Crippen LogP contribution in [0.25, 0.3) is 0 Å². The van der Waals surface area contributed by atoms with Crippen molar-refractivity contribution in [2.24, 2.45) is 4.99 Å². The lowest BCUT2D eigenvalue weighted by atomic mass is 10.2. The summed E-state index contributed by atoms with van der Waals surface area (Å²) < 4.78 is 16.1. The van der Waals surface area contributed by atoms with E-state index in [-0.39, 0.29) is 29.8 Å². The Balaban J connectivity index is 0.00000280. The van der Waals surface area contributed by atoms with Crippen molar-refractivity contribution in [2.45, 2.75) is 26.8 Å². The van der Waals surface area contributed by atoms with E-state index in [1.54, 1.807) is 12.4 Å². The predicted octanol–water partition coefficient (Wildman–Crippen LogP) is 2.39. The van der Waals surface area contributed by atoms with Gasteiger partial charge in [-0.2, -0.15) is 0 Å². The molecule has 0 unspecified atom stereocenters. The molecule has 0 amide bonds. The summed E-state index contributed by atoms with van der Waals surface area (Å²) in [6, 6.07) is 6.97. The van der Waals surface area contributed by atoms with Gasteiger partial charge in [-0.25, -0.2) is 4.39 Å². The largest absolute Gasteiger partial charge is 0.366 e. The molecule has 0 saturated carbocycles. The van der Waals surface area contributed by atoms with Gasteiger partial charge in [-0.15, -0.1) is 34.2 Å². The van der Waals surface area contributed by atoms with E-state index in [1.807, 2.05) is 16.7 Å². The van der Waals surface area contributed by atoms with Crippen LogP contribution >= 0.6 is 24.0 Å². The summed E-state index contributed by atoms with van der Waals surface area (Å²) in [6.07, 6.45) is 2.62. The first-order valence-electron chi connectivity index (χ1n) is 9.62. The number of aliphatic imine (C=N–C) groups is 1. The van der Waals surface area contributed by atoms with E-state index in [2.05, 4.69) is 39.2 Å². The predicted molar refractivity (Wildman–Crippen MR) is 121 cm³/mol. The lowest BCUT2D eigenvalue weighted by Crippen LogP contribution is -2.52. The van der Waals surface area contributed by atoms with Crippen LogP contribution in [0.4, 0.5) is 10.1 Å². The quantitative estimate of drug-likeness (QED) is 0.374. The maximum absolute atomic E-state index is 14.0. The third-order valence-corrected chi connectivity index (χ3v) is 4.72. The Labute approximate surface area is 183 Å². The van der Waals surface area contributed by atoms with E-state index >= 15 is 0 Å². The van der Waals surface area contributed by atoms with Crippen molar-refractivity contribution in [3.8, 4) is 0 Å². The highest BCUT2D eigenvalue weighted by Crippen LogP contribution is 2.20. The monoisotopic (exact) mass is 501 g/mol. The van der Waals surface area contributed by atoms with Gasteiger partial charge in [0.05, 0.1) is 12.2 Å². The highest BCUT2D eigenvalue weighted by atomic mass is 127. The minimum atomic E-state index is -0.160. The second-order valence-electron chi connectivity index (χ2n) is 6.46. The molecule has 0 radical (unpaired) electrons. The molecule has 1 saturated heterocycles. The molecule has 3 rings (SSSR count). The van der Waals surface area contributed by atoms with Crippen molar-refractivity contribution in [3.63, 3.8) is 0 Å². The summed E-state index contributed by atoms with van der Waals surface area (Å²) >= 11 is 0. The molecule has 7 nitrogen and oxygen atoms in total. The van der Waals surface area contributed by atoms with Crippen molar-refractivity contribution in [3.05, 3.63) is 42.2 Å². The van der Waals surface area contributed by atoms with Gasteiger partial charge < -0.3 is 19.7 Å². The van der Waals surface area contributed by atoms with Gasteiger partial charge in [0, 0.05) is 45.7 Å². The Morgan fingerprint density at radius 1 is 1.18 bits per heavy atom. The van der Waals surface area contributed by atoms with E-state index in [1.165, 1.54) is 6.07 Å². The minimum Gasteiger partial charge on any atom is -0.366 e. The SMILES string of the molecule is CCNC(=NCCn1cnnc1CC)N1CCN(c2ccccc2F)CC1.I. The Hall–Kier alpha value is -1.91. The summed E-state index contributed by atoms with van der Waals surface area (Å²) in [7, 11) is 0. The molecule has 1 aromatic heterocycles. The van der Waals surface area contributed by atoms with Crippen molar-refractivity contribution >= 4 is 35.6 Å². The van der Waals surface area contributed by atoms with E-state index < -0.39 is 0 Å². The van der Waals surface area contributed by atoms with E-state index in [0.29, 0.717) is 12.2 Å². The molecule has 0 atom stereocenters. The first-order valence-corrected chi connectivity index (χ1v) is 9.62. The van der Waals surface area contributed by atoms with Crippen molar-refractivity contribution in [1.29, 1.82) is 0 Å². The number of aromatic nitrogens is 3. The summed E-state index contributed by atoms with van der Waals surface area (Å²) in [5.41, 5.74) is 0.679. The molecule has 1 aromatic carbocycles. The van der Waals surface area contributed by atoms with Gasteiger partial charge in [0.2, 0.25) is 0 Å². The van der Waals surface area contributed by atoms with E-state index in [9.17, 15) is 4.39 Å². The van der Waals surface area contributed by atoms with Crippen LogP contribution in [0, 0.1) is 5.82 Å². The fraction of sp³-hybridized carbons (Fsp3) is 0.526. The third-order valence-electron chi connectivity index (χ3n) is 4.72. The van der Waals surface area contributed by atoms with Crippen LogP contribution in [0.15, 0.2) is 35.6 Å². The molecule has 2 heterocycles. The molecule has 0 bridgehead atoms. The maximum atomic E-state index is 14.0. The van der Waals surface area contributed by atoms with Crippen molar-refractivity contribution in [1.82, 2.24) is 25.0 Å². The summed E-state index contributed by atoms with van der Waals surface area (Å²) in [5, 5.41) is 11.4. The van der Waals surface area contributed by atoms with Gasteiger partial charge in [-0.05, 0) is 19.1 Å². The number of hydrogen-bond donors (Lipinski definition) is 1. The van der Waals surface area contributed by atoms with Gasteiger partial charge in [0.1, 0.15) is 18.0 Å². The Bertz CT molecular complexity index is 756. The van der Waals surface area contributed by atoms with Crippen LogP contribution in [-0.4, -0.2) is 64.9 Å². The van der Waals surface area contributed by atoms with Gasteiger partial charge in [-0.3, -0.25) is 4.99 Å². The smallest absolute Gasteiger partial charge is 0.194 e. The van der Waals surface area contributed by atoms with Crippen LogP contribution < -0.4 is 10.2 Å². The lowest BCUT2D eigenvalue weighted by molar-refractivity contribution is 0.370. The summed E-state index contributed by atoms with van der Waals surface area (Å²) in [4.78, 5) is 9.11. The van der Waals surface area contributed by atoms with Crippen LogP contribution in [0.5, 0.6) is 0 Å². The number of nitrogens with zero attached hydrogens (tertiary/aromatic N) is 6.